The first-order chi connectivity index (χ1) is 13.0. The Hall–Kier alpha value is -3.24. The number of imide groups is 1. The molecule has 2 atom stereocenters. The van der Waals surface area contributed by atoms with Crippen LogP contribution in [0.25, 0.3) is 4.85 Å². The second kappa shape index (κ2) is 6.82. The van der Waals surface area contributed by atoms with Crippen molar-refractivity contribution in [1.82, 2.24) is 5.32 Å². The van der Waals surface area contributed by atoms with Crippen LogP contribution in [-0.4, -0.2) is 24.7 Å². The van der Waals surface area contributed by atoms with Crippen molar-refractivity contribution in [1.29, 1.82) is 0 Å². The minimum atomic E-state index is -0.859. The number of carbonyl (C=O) groups excluding carboxylic acids is 2. The average molecular weight is 385 g/mol. The largest absolute Gasteiger partial charge is 0.493 e. The molecule has 0 saturated carbocycles. The van der Waals surface area contributed by atoms with E-state index in [0.717, 1.165) is 5.56 Å². The molecule has 0 aliphatic carbocycles. The quantitative estimate of drug-likeness (QED) is 0.803. The third-order valence-electron chi connectivity index (χ3n) is 4.43. The molecule has 2 heterocycles. The Morgan fingerprint density at radius 2 is 2.07 bits per heavy atom. The van der Waals surface area contributed by atoms with Crippen molar-refractivity contribution in [2.24, 2.45) is 0 Å². The van der Waals surface area contributed by atoms with Gasteiger partial charge in [0.15, 0.2) is 11.8 Å². The minimum absolute atomic E-state index is 0.282. The van der Waals surface area contributed by atoms with E-state index in [-0.39, 0.29) is 5.92 Å². The number of cyclic esters (lactones) is 1. The van der Waals surface area contributed by atoms with Gasteiger partial charge in [-0.05, 0) is 24.6 Å². The molecule has 27 heavy (non-hydrogen) atoms. The number of fused-ring (bicyclic) bond motifs is 1. The van der Waals surface area contributed by atoms with Crippen LogP contribution in [0, 0.1) is 6.57 Å². The second-order valence-corrected chi connectivity index (χ2v) is 6.49. The van der Waals surface area contributed by atoms with E-state index in [4.69, 9.17) is 32.4 Å². The van der Waals surface area contributed by atoms with Crippen LogP contribution in [0.3, 0.4) is 0 Å². The maximum absolute atomic E-state index is 11.9. The summed E-state index contributed by atoms with van der Waals surface area (Å²) in [5, 5.41) is 2.48. The number of amides is 2. The predicted molar refractivity (Wildman–Crippen MR) is 95.5 cm³/mol. The van der Waals surface area contributed by atoms with Crippen LogP contribution in [0.2, 0.25) is 5.02 Å². The Morgan fingerprint density at radius 3 is 2.78 bits per heavy atom. The molecule has 2 aliphatic heterocycles. The summed E-state index contributed by atoms with van der Waals surface area (Å²) in [5.41, 5.74) is 1.20. The van der Waals surface area contributed by atoms with E-state index < -0.39 is 18.1 Å². The molecule has 2 aromatic rings. The summed E-state index contributed by atoms with van der Waals surface area (Å²) in [6, 6.07) is 9.99. The maximum atomic E-state index is 11.9. The molecule has 1 N–H and O–H groups in total. The van der Waals surface area contributed by atoms with Crippen molar-refractivity contribution >= 4 is 29.3 Å². The Labute approximate surface area is 159 Å². The van der Waals surface area contributed by atoms with Crippen molar-refractivity contribution in [3.63, 3.8) is 0 Å². The van der Waals surface area contributed by atoms with Gasteiger partial charge in [0.1, 0.15) is 17.2 Å². The molecule has 2 aromatic carbocycles. The Morgan fingerprint density at radius 1 is 1.22 bits per heavy atom. The number of carbonyl (C=O) groups is 2. The summed E-state index contributed by atoms with van der Waals surface area (Å²) in [6.07, 6.45) is -1.03. The smallest absolute Gasteiger partial charge is 0.414 e. The highest BCUT2D eigenvalue weighted by atomic mass is 35.5. The molecule has 2 amide bonds. The zero-order valence-electron chi connectivity index (χ0n) is 13.9. The van der Waals surface area contributed by atoms with Gasteiger partial charge < -0.3 is 14.2 Å². The number of alkyl carbamates (subject to hydrolysis) is 1. The number of nitrogens with zero attached hydrogens (tertiary/aromatic N) is 1. The Balaban J connectivity index is 1.59. The number of benzene rings is 2. The highest BCUT2D eigenvalue weighted by Gasteiger charge is 2.41. The molecule has 1 unspecified atom stereocenters. The Bertz CT molecular complexity index is 985. The number of ether oxygens (including phenoxy) is 3. The first-order valence-corrected chi connectivity index (χ1v) is 8.56. The van der Waals surface area contributed by atoms with Gasteiger partial charge in [0.25, 0.3) is 5.91 Å². The molecule has 1 fully saturated rings. The lowest BCUT2D eigenvalue weighted by Gasteiger charge is -2.28. The van der Waals surface area contributed by atoms with Crippen molar-refractivity contribution in [2.45, 2.75) is 18.4 Å². The number of hydrogen-bond donors (Lipinski definition) is 1. The third-order valence-corrected chi connectivity index (χ3v) is 4.72. The molecule has 0 spiro atoms. The maximum Gasteiger partial charge on any atom is 0.414 e. The molecule has 0 aromatic heterocycles. The summed E-state index contributed by atoms with van der Waals surface area (Å²) < 4.78 is 16.6. The van der Waals surface area contributed by atoms with Gasteiger partial charge in [-0.15, -0.1) is 0 Å². The fourth-order valence-electron chi connectivity index (χ4n) is 3.18. The van der Waals surface area contributed by atoms with Crippen LogP contribution >= 0.6 is 11.6 Å². The van der Waals surface area contributed by atoms with E-state index in [9.17, 15) is 9.59 Å². The molecule has 2 aliphatic rings. The third kappa shape index (κ3) is 3.27. The van der Waals surface area contributed by atoms with Crippen LogP contribution in [0.15, 0.2) is 36.4 Å². The summed E-state index contributed by atoms with van der Waals surface area (Å²) in [5.74, 6) is 0.759. The standard InChI is InChI=1S/C19H13ClN2O5/c1-21-10-2-5-15(14(20)8-10)26-11-3-4-12-13(6-7-25-16(12)9-11)17-18(23)22-19(24)27-17/h2-5,8-9,13,17H,6-7H2,(H,22,23,24)/t13-,17?/m1/s1. The van der Waals surface area contributed by atoms with Gasteiger partial charge >= 0.3 is 6.09 Å². The van der Waals surface area contributed by atoms with E-state index in [0.29, 0.717) is 41.0 Å². The zero-order chi connectivity index (χ0) is 19.0. The first kappa shape index (κ1) is 17.2. The van der Waals surface area contributed by atoms with Crippen molar-refractivity contribution in [3.8, 4) is 17.2 Å². The van der Waals surface area contributed by atoms with E-state index in [1.165, 1.54) is 6.07 Å². The molecule has 0 bridgehead atoms. The van der Waals surface area contributed by atoms with E-state index >= 15 is 0 Å². The van der Waals surface area contributed by atoms with Crippen LogP contribution in [-0.2, 0) is 9.53 Å². The van der Waals surface area contributed by atoms with Crippen LogP contribution in [0.1, 0.15) is 17.9 Å². The average Bonchev–Trinajstić information content (AvgIpc) is 3.00. The highest BCUT2D eigenvalue weighted by Crippen LogP contribution is 2.41. The lowest BCUT2D eigenvalue weighted by Crippen LogP contribution is -2.32. The van der Waals surface area contributed by atoms with Gasteiger partial charge in [0.2, 0.25) is 0 Å². The van der Waals surface area contributed by atoms with E-state index in [1.54, 1.807) is 30.3 Å². The van der Waals surface area contributed by atoms with Gasteiger partial charge in [-0.2, -0.15) is 0 Å². The molecule has 136 valence electrons. The number of hydrogen-bond acceptors (Lipinski definition) is 5. The monoisotopic (exact) mass is 384 g/mol. The molecule has 4 rings (SSSR count). The Kier molecular flexibility index (Phi) is 4.34. The number of nitrogens with one attached hydrogen (secondary N) is 1. The minimum Gasteiger partial charge on any atom is -0.493 e. The fraction of sp³-hybridized carbons (Fsp3) is 0.211. The summed E-state index contributed by atoms with van der Waals surface area (Å²) in [6.45, 7) is 7.39. The normalized spacial score (nSPS) is 20.7. The van der Waals surface area contributed by atoms with E-state index in [2.05, 4.69) is 10.2 Å². The van der Waals surface area contributed by atoms with Gasteiger partial charge in [-0.25, -0.2) is 9.64 Å². The summed E-state index contributed by atoms with van der Waals surface area (Å²) in [4.78, 5) is 26.6. The second-order valence-electron chi connectivity index (χ2n) is 6.09. The lowest BCUT2D eigenvalue weighted by molar-refractivity contribution is -0.124. The van der Waals surface area contributed by atoms with Crippen LogP contribution in [0.4, 0.5) is 10.5 Å². The van der Waals surface area contributed by atoms with Gasteiger partial charge in [0, 0.05) is 17.5 Å². The van der Waals surface area contributed by atoms with Crippen molar-refractivity contribution < 1.29 is 23.8 Å². The molecular weight excluding hydrogens is 372 g/mol. The zero-order valence-corrected chi connectivity index (χ0v) is 14.7. The number of rotatable bonds is 3. The van der Waals surface area contributed by atoms with Crippen molar-refractivity contribution in [3.05, 3.63) is 58.4 Å². The van der Waals surface area contributed by atoms with Crippen molar-refractivity contribution in [2.75, 3.05) is 6.61 Å². The highest BCUT2D eigenvalue weighted by molar-refractivity contribution is 6.32. The molecule has 7 nitrogen and oxygen atoms in total. The molecular formula is C19H13ClN2O5. The van der Waals surface area contributed by atoms with Gasteiger partial charge in [0.05, 0.1) is 18.2 Å². The lowest BCUT2D eigenvalue weighted by atomic mass is 9.88. The van der Waals surface area contributed by atoms with Gasteiger partial charge in [-0.3, -0.25) is 10.1 Å². The summed E-state index contributed by atoms with van der Waals surface area (Å²) in [7, 11) is 0. The number of halogens is 1. The SMILES string of the molecule is [C-]#[N+]c1ccc(Oc2ccc3c(c2)OCC[C@H]3C2OC(=O)NC2=O)c(Cl)c1. The van der Waals surface area contributed by atoms with Gasteiger partial charge in [-0.1, -0.05) is 23.7 Å². The molecule has 8 heteroatoms. The summed E-state index contributed by atoms with van der Waals surface area (Å²) >= 11 is 6.15. The first-order valence-electron chi connectivity index (χ1n) is 8.18. The topological polar surface area (TPSA) is 78.2 Å². The van der Waals surface area contributed by atoms with Crippen LogP contribution in [0.5, 0.6) is 17.2 Å². The van der Waals surface area contributed by atoms with Crippen LogP contribution < -0.4 is 14.8 Å². The fourth-order valence-corrected chi connectivity index (χ4v) is 3.39. The molecule has 0 radical (unpaired) electrons. The molecule has 1 saturated heterocycles. The van der Waals surface area contributed by atoms with E-state index in [1.807, 2.05) is 0 Å². The predicted octanol–water partition coefficient (Wildman–Crippen LogP) is 4.18.